The first kappa shape index (κ1) is 19.5. The standard InChI is InChI=1S/C15H24FN3O3S/c1-17(2)9-10-19(11-13-5-7-14(16)8-6-13)15(20)12-18(3)23(4,21)22/h5-8H,9-12H2,1-4H3. The van der Waals surface area contributed by atoms with Gasteiger partial charge < -0.3 is 9.80 Å². The van der Waals surface area contributed by atoms with E-state index in [2.05, 4.69) is 0 Å². The Balaban J connectivity index is 2.82. The summed E-state index contributed by atoms with van der Waals surface area (Å²) in [6.07, 6.45) is 1.06. The summed E-state index contributed by atoms with van der Waals surface area (Å²) in [7, 11) is 1.74. The molecule has 1 amide bonds. The van der Waals surface area contributed by atoms with E-state index in [0.717, 1.165) is 16.1 Å². The van der Waals surface area contributed by atoms with E-state index in [-0.39, 0.29) is 18.3 Å². The molecular weight excluding hydrogens is 321 g/mol. The van der Waals surface area contributed by atoms with Crippen LogP contribution in [0.15, 0.2) is 24.3 Å². The molecule has 0 saturated heterocycles. The second kappa shape index (κ2) is 8.37. The van der Waals surface area contributed by atoms with Crippen molar-refractivity contribution in [2.45, 2.75) is 6.54 Å². The number of carbonyl (C=O) groups is 1. The Morgan fingerprint density at radius 3 is 2.13 bits per heavy atom. The van der Waals surface area contributed by atoms with Gasteiger partial charge in [0, 0.05) is 26.7 Å². The summed E-state index contributed by atoms with van der Waals surface area (Å²) < 4.78 is 36.9. The summed E-state index contributed by atoms with van der Waals surface area (Å²) >= 11 is 0. The van der Waals surface area contributed by atoms with Crippen molar-refractivity contribution in [1.82, 2.24) is 14.1 Å². The van der Waals surface area contributed by atoms with E-state index in [1.807, 2.05) is 19.0 Å². The van der Waals surface area contributed by atoms with E-state index in [1.165, 1.54) is 19.2 Å². The lowest BCUT2D eigenvalue weighted by Gasteiger charge is -2.26. The molecule has 0 spiro atoms. The van der Waals surface area contributed by atoms with Gasteiger partial charge >= 0.3 is 0 Å². The molecule has 0 N–H and O–H groups in total. The van der Waals surface area contributed by atoms with Crippen LogP contribution < -0.4 is 0 Å². The Bertz CT molecular complexity index is 617. The summed E-state index contributed by atoms with van der Waals surface area (Å²) in [6.45, 7) is 1.20. The summed E-state index contributed by atoms with van der Waals surface area (Å²) in [6, 6.07) is 5.91. The fourth-order valence-electron chi connectivity index (χ4n) is 1.83. The van der Waals surface area contributed by atoms with Gasteiger partial charge in [0.15, 0.2) is 0 Å². The van der Waals surface area contributed by atoms with Crippen molar-refractivity contribution in [3.05, 3.63) is 35.6 Å². The van der Waals surface area contributed by atoms with E-state index >= 15 is 0 Å². The van der Waals surface area contributed by atoms with E-state index in [0.29, 0.717) is 19.6 Å². The minimum absolute atomic E-state index is 0.215. The van der Waals surface area contributed by atoms with Gasteiger partial charge in [-0.2, -0.15) is 4.31 Å². The van der Waals surface area contributed by atoms with E-state index < -0.39 is 10.0 Å². The molecule has 0 unspecified atom stereocenters. The third-order valence-electron chi connectivity index (χ3n) is 3.38. The van der Waals surface area contributed by atoms with Gasteiger partial charge in [0.1, 0.15) is 5.82 Å². The zero-order valence-corrected chi connectivity index (χ0v) is 14.8. The molecule has 1 aromatic carbocycles. The molecule has 0 aliphatic rings. The lowest BCUT2D eigenvalue weighted by Crippen LogP contribution is -2.42. The molecule has 0 heterocycles. The molecular formula is C15H24FN3O3S. The molecule has 23 heavy (non-hydrogen) atoms. The third kappa shape index (κ3) is 7.06. The number of benzene rings is 1. The van der Waals surface area contributed by atoms with Crippen LogP contribution in [0.4, 0.5) is 4.39 Å². The highest BCUT2D eigenvalue weighted by Gasteiger charge is 2.20. The first-order chi connectivity index (χ1) is 10.6. The number of sulfonamides is 1. The predicted molar refractivity (Wildman–Crippen MR) is 87.8 cm³/mol. The molecule has 1 aromatic rings. The maximum absolute atomic E-state index is 13.0. The predicted octanol–water partition coefficient (Wildman–Crippen LogP) is 0.607. The van der Waals surface area contributed by atoms with Gasteiger partial charge in [-0.3, -0.25) is 4.79 Å². The van der Waals surface area contributed by atoms with Gasteiger partial charge in [-0.25, -0.2) is 12.8 Å². The van der Waals surface area contributed by atoms with Crippen LogP contribution in [0.1, 0.15) is 5.56 Å². The molecule has 0 aromatic heterocycles. The molecule has 6 nitrogen and oxygen atoms in total. The average molecular weight is 345 g/mol. The first-order valence-corrected chi connectivity index (χ1v) is 9.02. The van der Waals surface area contributed by atoms with Crippen LogP contribution >= 0.6 is 0 Å². The molecule has 0 aliphatic heterocycles. The highest BCUT2D eigenvalue weighted by atomic mass is 32.2. The van der Waals surface area contributed by atoms with Crippen molar-refractivity contribution in [1.29, 1.82) is 0 Å². The highest BCUT2D eigenvalue weighted by Crippen LogP contribution is 2.08. The zero-order chi connectivity index (χ0) is 17.6. The SMILES string of the molecule is CN(C)CCN(Cc1ccc(F)cc1)C(=O)CN(C)S(C)(=O)=O. The van der Waals surface area contributed by atoms with Crippen molar-refractivity contribution in [2.24, 2.45) is 0 Å². The fraction of sp³-hybridized carbons (Fsp3) is 0.533. The second-order valence-electron chi connectivity index (χ2n) is 5.76. The molecule has 8 heteroatoms. The van der Waals surface area contributed by atoms with Crippen LogP contribution in [0.2, 0.25) is 0 Å². The molecule has 0 fully saturated rings. The topological polar surface area (TPSA) is 60.9 Å². The highest BCUT2D eigenvalue weighted by molar-refractivity contribution is 7.88. The number of rotatable bonds is 8. The third-order valence-corrected chi connectivity index (χ3v) is 4.64. The van der Waals surface area contributed by atoms with Crippen molar-refractivity contribution in [3.63, 3.8) is 0 Å². The Hall–Kier alpha value is -1.51. The number of nitrogens with zero attached hydrogens (tertiary/aromatic N) is 3. The molecule has 0 saturated carbocycles. The molecule has 0 aliphatic carbocycles. The van der Waals surface area contributed by atoms with Crippen molar-refractivity contribution >= 4 is 15.9 Å². The largest absolute Gasteiger partial charge is 0.336 e. The van der Waals surface area contributed by atoms with Crippen molar-refractivity contribution < 1.29 is 17.6 Å². The average Bonchev–Trinajstić information content (AvgIpc) is 2.44. The number of hydrogen-bond donors (Lipinski definition) is 0. The van der Waals surface area contributed by atoms with Gasteiger partial charge in [-0.05, 0) is 31.8 Å². The zero-order valence-electron chi connectivity index (χ0n) is 14.0. The van der Waals surface area contributed by atoms with Crippen LogP contribution in [-0.4, -0.2) is 75.5 Å². The van der Waals surface area contributed by atoms with Gasteiger partial charge in [0.25, 0.3) is 0 Å². The number of amides is 1. The van der Waals surface area contributed by atoms with Crippen LogP contribution in [0, 0.1) is 5.82 Å². The molecule has 0 radical (unpaired) electrons. The first-order valence-electron chi connectivity index (χ1n) is 7.18. The van der Waals surface area contributed by atoms with Crippen LogP contribution in [0.25, 0.3) is 0 Å². The molecule has 1 rings (SSSR count). The number of carbonyl (C=O) groups excluding carboxylic acids is 1. The van der Waals surface area contributed by atoms with Crippen LogP contribution in [-0.2, 0) is 21.4 Å². The summed E-state index contributed by atoms with van der Waals surface area (Å²) in [4.78, 5) is 15.9. The molecule has 130 valence electrons. The molecule has 0 atom stereocenters. The maximum Gasteiger partial charge on any atom is 0.238 e. The van der Waals surface area contributed by atoms with E-state index in [1.54, 1.807) is 17.0 Å². The van der Waals surface area contributed by atoms with Crippen molar-refractivity contribution in [2.75, 3.05) is 47.0 Å². The second-order valence-corrected chi connectivity index (χ2v) is 7.85. The molecule has 0 bridgehead atoms. The number of likely N-dealkylation sites (N-methyl/N-ethyl adjacent to an activating group) is 2. The smallest absolute Gasteiger partial charge is 0.238 e. The quantitative estimate of drug-likeness (QED) is 0.693. The summed E-state index contributed by atoms with van der Waals surface area (Å²) in [5.41, 5.74) is 0.792. The normalized spacial score (nSPS) is 12.0. The van der Waals surface area contributed by atoms with Gasteiger partial charge in [0.05, 0.1) is 12.8 Å². The summed E-state index contributed by atoms with van der Waals surface area (Å²) in [5.74, 6) is -0.624. The van der Waals surface area contributed by atoms with Crippen LogP contribution in [0.5, 0.6) is 0 Å². The number of hydrogen-bond acceptors (Lipinski definition) is 4. The Kier molecular flexibility index (Phi) is 7.11. The van der Waals surface area contributed by atoms with Crippen molar-refractivity contribution in [3.8, 4) is 0 Å². The fourth-order valence-corrected chi connectivity index (χ4v) is 2.18. The monoisotopic (exact) mass is 345 g/mol. The van der Waals surface area contributed by atoms with Gasteiger partial charge in [0.2, 0.25) is 15.9 Å². The number of halogens is 1. The Morgan fingerprint density at radius 2 is 1.65 bits per heavy atom. The summed E-state index contributed by atoms with van der Waals surface area (Å²) in [5, 5.41) is 0. The van der Waals surface area contributed by atoms with Gasteiger partial charge in [-0.15, -0.1) is 0 Å². The van der Waals surface area contributed by atoms with Crippen LogP contribution in [0.3, 0.4) is 0 Å². The lowest BCUT2D eigenvalue weighted by atomic mass is 10.2. The Morgan fingerprint density at radius 1 is 1.09 bits per heavy atom. The minimum Gasteiger partial charge on any atom is -0.336 e. The van der Waals surface area contributed by atoms with E-state index in [9.17, 15) is 17.6 Å². The maximum atomic E-state index is 13.0. The lowest BCUT2D eigenvalue weighted by molar-refractivity contribution is -0.132. The van der Waals surface area contributed by atoms with E-state index in [4.69, 9.17) is 0 Å². The van der Waals surface area contributed by atoms with Gasteiger partial charge in [-0.1, -0.05) is 12.1 Å². The Labute approximate surface area is 137 Å². The minimum atomic E-state index is -3.42.